The summed E-state index contributed by atoms with van der Waals surface area (Å²) >= 11 is 6.05. The van der Waals surface area contributed by atoms with E-state index in [4.69, 9.17) is 11.6 Å². The first-order valence-electron chi connectivity index (χ1n) is 6.21. The zero-order chi connectivity index (χ0) is 14.5. The molecule has 0 fully saturated rings. The molecule has 0 spiro atoms. The lowest BCUT2D eigenvalue weighted by atomic mass is 10.0. The lowest BCUT2D eigenvalue weighted by Crippen LogP contribution is -2.04. The molecule has 0 radical (unpaired) electrons. The van der Waals surface area contributed by atoms with Crippen molar-refractivity contribution in [1.29, 1.82) is 0 Å². The van der Waals surface area contributed by atoms with Crippen LogP contribution in [-0.2, 0) is 11.2 Å². The molecule has 2 aromatic rings. The number of aliphatic hydroxyl groups is 1. The van der Waals surface area contributed by atoms with Crippen LogP contribution in [0.5, 0.6) is 0 Å². The van der Waals surface area contributed by atoms with E-state index < -0.39 is 6.10 Å². The van der Waals surface area contributed by atoms with Gasteiger partial charge < -0.3 is 9.84 Å². The largest absolute Gasteiger partial charge is 0.465 e. The van der Waals surface area contributed by atoms with Crippen molar-refractivity contribution in [1.82, 2.24) is 0 Å². The quantitative estimate of drug-likeness (QED) is 0.878. The molecule has 1 atom stereocenters. The second-order valence-corrected chi connectivity index (χ2v) is 4.84. The Morgan fingerprint density at radius 1 is 1.20 bits per heavy atom. The topological polar surface area (TPSA) is 46.5 Å². The predicted octanol–water partition coefficient (Wildman–Crippen LogP) is 3.40. The van der Waals surface area contributed by atoms with Crippen LogP contribution in [0.3, 0.4) is 0 Å². The molecular weight excluding hydrogens is 276 g/mol. The second kappa shape index (κ2) is 6.55. The third-order valence-electron chi connectivity index (χ3n) is 3.07. The molecule has 0 saturated carbocycles. The van der Waals surface area contributed by atoms with Gasteiger partial charge in [0.1, 0.15) is 0 Å². The Kier molecular flexibility index (Phi) is 4.77. The first kappa shape index (κ1) is 14.6. The van der Waals surface area contributed by atoms with Crippen molar-refractivity contribution < 1.29 is 14.6 Å². The van der Waals surface area contributed by atoms with Crippen molar-refractivity contribution in [3.63, 3.8) is 0 Å². The lowest BCUT2D eigenvalue weighted by molar-refractivity contribution is 0.0600. The van der Waals surface area contributed by atoms with E-state index >= 15 is 0 Å². The number of esters is 1. The molecule has 4 heteroatoms. The maximum atomic E-state index is 11.3. The summed E-state index contributed by atoms with van der Waals surface area (Å²) in [5.74, 6) is -0.372. The van der Waals surface area contributed by atoms with Gasteiger partial charge in [-0.3, -0.25) is 0 Å². The minimum absolute atomic E-state index is 0.372. The van der Waals surface area contributed by atoms with Crippen LogP contribution in [0.4, 0.5) is 0 Å². The number of hydrogen-bond acceptors (Lipinski definition) is 3. The minimum Gasteiger partial charge on any atom is -0.465 e. The van der Waals surface area contributed by atoms with Gasteiger partial charge in [0.15, 0.2) is 0 Å². The summed E-state index contributed by atoms with van der Waals surface area (Å²) in [7, 11) is 1.34. The molecule has 1 unspecified atom stereocenters. The molecular formula is C16H15ClO3. The van der Waals surface area contributed by atoms with Crippen LogP contribution in [-0.4, -0.2) is 18.2 Å². The molecule has 0 aliphatic carbocycles. The van der Waals surface area contributed by atoms with Crippen molar-refractivity contribution in [2.75, 3.05) is 7.11 Å². The average molecular weight is 291 g/mol. The summed E-state index contributed by atoms with van der Waals surface area (Å²) in [5, 5.41) is 10.8. The van der Waals surface area contributed by atoms with Gasteiger partial charge in [-0.05, 0) is 29.3 Å². The van der Waals surface area contributed by atoms with E-state index in [1.54, 1.807) is 36.4 Å². The Labute approximate surface area is 122 Å². The molecule has 0 aliphatic rings. The van der Waals surface area contributed by atoms with E-state index in [9.17, 15) is 9.90 Å². The van der Waals surface area contributed by atoms with Crippen molar-refractivity contribution in [2.24, 2.45) is 0 Å². The van der Waals surface area contributed by atoms with Crippen LogP contribution in [0.15, 0.2) is 48.5 Å². The number of carbonyl (C=O) groups is 1. The van der Waals surface area contributed by atoms with Gasteiger partial charge in [-0.15, -0.1) is 0 Å². The summed E-state index contributed by atoms with van der Waals surface area (Å²) in [4.78, 5) is 11.3. The number of halogens is 1. The van der Waals surface area contributed by atoms with E-state index in [1.165, 1.54) is 7.11 Å². The molecule has 0 saturated heterocycles. The molecule has 0 bridgehead atoms. The van der Waals surface area contributed by atoms with Gasteiger partial charge in [0, 0.05) is 11.4 Å². The van der Waals surface area contributed by atoms with Crippen LogP contribution in [0, 0.1) is 0 Å². The van der Waals surface area contributed by atoms with Crippen LogP contribution < -0.4 is 0 Å². The second-order valence-electron chi connectivity index (χ2n) is 4.43. The maximum absolute atomic E-state index is 11.3. The maximum Gasteiger partial charge on any atom is 0.337 e. The fourth-order valence-electron chi connectivity index (χ4n) is 1.97. The minimum atomic E-state index is -0.673. The molecule has 2 rings (SSSR count). The van der Waals surface area contributed by atoms with Crippen LogP contribution in [0.25, 0.3) is 0 Å². The fourth-order valence-corrected chi connectivity index (χ4v) is 2.23. The van der Waals surface area contributed by atoms with Gasteiger partial charge in [-0.1, -0.05) is 41.9 Å². The smallest absolute Gasteiger partial charge is 0.337 e. The van der Waals surface area contributed by atoms with Crippen molar-refractivity contribution in [3.05, 3.63) is 70.2 Å². The van der Waals surface area contributed by atoms with Gasteiger partial charge in [0.05, 0.1) is 18.8 Å². The third kappa shape index (κ3) is 3.38. The van der Waals surface area contributed by atoms with E-state index in [2.05, 4.69) is 4.74 Å². The zero-order valence-electron chi connectivity index (χ0n) is 11.0. The van der Waals surface area contributed by atoms with E-state index in [0.29, 0.717) is 22.6 Å². The van der Waals surface area contributed by atoms with Crippen LogP contribution in [0.2, 0.25) is 5.02 Å². The fraction of sp³-hybridized carbons (Fsp3) is 0.188. The number of rotatable bonds is 4. The molecule has 104 valence electrons. The Morgan fingerprint density at radius 3 is 2.45 bits per heavy atom. The molecule has 0 amide bonds. The molecule has 0 aliphatic heterocycles. The molecule has 0 aromatic heterocycles. The number of carbonyl (C=O) groups excluding carboxylic acids is 1. The predicted molar refractivity (Wildman–Crippen MR) is 77.9 cm³/mol. The standard InChI is InChI=1S/C16H15ClO3/c1-20-16(19)12-8-6-11(7-9-12)10-15(18)13-4-2-3-5-14(13)17/h2-9,15,18H,10H2,1H3. The van der Waals surface area contributed by atoms with Gasteiger partial charge in [0.25, 0.3) is 0 Å². The summed E-state index contributed by atoms with van der Waals surface area (Å²) in [6.07, 6.45) is -0.238. The van der Waals surface area contributed by atoms with Crippen molar-refractivity contribution in [2.45, 2.75) is 12.5 Å². The first-order valence-corrected chi connectivity index (χ1v) is 6.59. The first-order chi connectivity index (χ1) is 9.61. The van der Waals surface area contributed by atoms with Gasteiger partial charge in [-0.2, -0.15) is 0 Å². The number of methoxy groups -OCH3 is 1. The zero-order valence-corrected chi connectivity index (χ0v) is 11.8. The molecule has 0 heterocycles. The highest BCUT2D eigenvalue weighted by atomic mass is 35.5. The normalized spacial score (nSPS) is 11.9. The molecule has 3 nitrogen and oxygen atoms in total. The highest BCUT2D eigenvalue weighted by Crippen LogP contribution is 2.25. The van der Waals surface area contributed by atoms with Crippen LogP contribution in [0.1, 0.15) is 27.6 Å². The summed E-state index contributed by atoms with van der Waals surface area (Å²) < 4.78 is 4.64. The van der Waals surface area contributed by atoms with Crippen molar-refractivity contribution in [3.8, 4) is 0 Å². The average Bonchev–Trinajstić information content (AvgIpc) is 2.47. The molecule has 1 N–H and O–H groups in total. The monoisotopic (exact) mass is 290 g/mol. The Hall–Kier alpha value is -1.84. The summed E-state index contributed by atoms with van der Waals surface area (Å²) in [6.45, 7) is 0. The van der Waals surface area contributed by atoms with Crippen LogP contribution >= 0.6 is 11.6 Å². The Bertz CT molecular complexity index is 593. The Balaban J connectivity index is 2.10. The van der Waals surface area contributed by atoms with E-state index in [0.717, 1.165) is 5.56 Å². The van der Waals surface area contributed by atoms with Gasteiger partial charge >= 0.3 is 5.97 Å². The number of benzene rings is 2. The highest BCUT2D eigenvalue weighted by molar-refractivity contribution is 6.31. The molecule has 20 heavy (non-hydrogen) atoms. The van der Waals surface area contributed by atoms with Gasteiger partial charge in [0.2, 0.25) is 0 Å². The highest BCUT2D eigenvalue weighted by Gasteiger charge is 2.12. The number of aliphatic hydroxyl groups excluding tert-OH is 1. The lowest BCUT2D eigenvalue weighted by Gasteiger charge is -2.12. The summed E-state index contributed by atoms with van der Waals surface area (Å²) in [6, 6.07) is 14.2. The SMILES string of the molecule is COC(=O)c1ccc(CC(O)c2ccccc2Cl)cc1. The molecule has 2 aromatic carbocycles. The third-order valence-corrected chi connectivity index (χ3v) is 3.41. The van der Waals surface area contributed by atoms with Gasteiger partial charge in [-0.25, -0.2) is 4.79 Å². The van der Waals surface area contributed by atoms with E-state index in [-0.39, 0.29) is 5.97 Å². The Morgan fingerprint density at radius 2 is 1.85 bits per heavy atom. The number of ether oxygens (including phenoxy) is 1. The number of hydrogen-bond donors (Lipinski definition) is 1. The summed E-state index contributed by atoms with van der Waals surface area (Å²) in [5.41, 5.74) is 2.11. The van der Waals surface area contributed by atoms with E-state index in [1.807, 2.05) is 12.1 Å². The van der Waals surface area contributed by atoms with Crippen molar-refractivity contribution >= 4 is 17.6 Å².